The minimum absolute atomic E-state index is 0.828. The molecule has 0 saturated carbocycles. The molecule has 0 bridgehead atoms. The highest BCUT2D eigenvalue weighted by molar-refractivity contribution is 5.51. The number of anilines is 2. The first-order valence-corrected chi connectivity index (χ1v) is 8.49. The summed E-state index contributed by atoms with van der Waals surface area (Å²) in [5.74, 6) is 2.85. The van der Waals surface area contributed by atoms with E-state index in [2.05, 4.69) is 71.0 Å². The molecule has 2 aromatic rings. The molecule has 0 amide bonds. The highest BCUT2D eigenvalue weighted by Crippen LogP contribution is 2.20. The second-order valence-electron chi connectivity index (χ2n) is 5.96. The van der Waals surface area contributed by atoms with Crippen LogP contribution >= 0.6 is 0 Å². The Morgan fingerprint density at radius 3 is 2.13 bits per heavy atom. The maximum Gasteiger partial charge on any atom is 0.134 e. The highest BCUT2D eigenvalue weighted by Gasteiger charge is 2.12. The zero-order chi connectivity index (χ0) is 16.7. The van der Waals surface area contributed by atoms with Gasteiger partial charge in [0.1, 0.15) is 17.5 Å². The van der Waals surface area contributed by atoms with E-state index in [4.69, 9.17) is 0 Å². The second kappa shape index (κ2) is 8.51. The lowest BCUT2D eigenvalue weighted by atomic mass is 10.2. The summed E-state index contributed by atoms with van der Waals surface area (Å²) in [6.07, 6.45) is 2.25. The maximum atomic E-state index is 4.65. The van der Waals surface area contributed by atoms with E-state index in [1.807, 2.05) is 13.0 Å². The summed E-state index contributed by atoms with van der Waals surface area (Å²) in [6.45, 7) is 9.30. The van der Waals surface area contributed by atoms with Crippen molar-refractivity contribution in [3.05, 3.63) is 47.8 Å². The Morgan fingerprint density at radius 2 is 1.52 bits per heavy atom. The van der Waals surface area contributed by atoms with Crippen LogP contribution in [0.3, 0.4) is 0 Å². The number of hydrogen-bond acceptors (Lipinski definition) is 4. The normalized spacial score (nSPS) is 10.6. The Kier molecular flexibility index (Phi) is 6.39. The van der Waals surface area contributed by atoms with E-state index in [9.17, 15) is 0 Å². The van der Waals surface area contributed by atoms with E-state index in [1.165, 1.54) is 5.56 Å². The summed E-state index contributed by atoms with van der Waals surface area (Å²) in [6, 6.07) is 12.6. The van der Waals surface area contributed by atoms with Gasteiger partial charge >= 0.3 is 0 Å². The Hall–Kier alpha value is -2.10. The Labute approximate surface area is 140 Å². The van der Waals surface area contributed by atoms with Gasteiger partial charge in [0, 0.05) is 32.7 Å². The standard InChI is InChI=1S/C19H28N4/c1-5-12-23(13-6-2)19-14-18(20-16(3)21-19)22(4)15-17-10-8-7-9-11-17/h7-11,14H,5-6,12-13,15H2,1-4H3. The fraction of sp³-hybridized carbons (Fsp3) is 0.474. The van der Waals surface area contributed by atoms with Crippen molar-refractivity contribution in [2.45, 2.75) is 40.2 Å². The molecule has 1 aromatic carbocycles. The summed E-state index contributed by atoms with van der Waals surface area (Å²) in [5, 5.41) is 0. The number of nitrogens with zero attached hydrogens (tertiary/aromatic N) is 4. The summed E-state index contributed by atoms with van der Waals surface area (Å²) < 4.78 is 0. The largest absolute Gasteiger partial charge is 0.356 e. The van der Waals surface area contributed by atoms with Gasteiger partial charge in [-0.15, -0.1) is 0 Å². The Morgan fingerprint density at radius 1 is 0.913 bits per heavy atom. The molecular weight excluding hydrogens is 284 g/mol. The minimum atomic E-state index is 0.828. The van der Waals surface area contributed by atoms with Crippen molar-refractivity contribution >= 4 is 11.6 Å². The number of benzene rings is 1. The Bertz CT molecular complexity index is 592. The first-order chi connectivity index (χ1) is 11.1. The van der Waals surface area contributed by atoms with Crippen molar-refractivity contribution in [3.8, 4) is 0 Å². The van der Waals surface area contributed by atoms with Crippen molar-refractivity contribution in [2.24, 2.45) is 0 Å². The summed E-state index contributed by atoms with van der Waals surface area (Å²) in [7, 11) is 2.09. The first kappa shape index (κ1) is 17.3. The molecule has 1 heterocycles. The summed E-state index contributed by atoms with van der Waals surface area (Å²) in [4.78, 5) is 13.8. The third-order valence-corrected chi connectivity index (χ3v) is 3.78. The van der Waals surface area contributed by atoms with E-state index in [0.29, 0.717) is 0 Å². The van der Waals surface area contributed by atoms with Crippen LogP contribution in [0.1, 0.15) is 38.1 Å². The van der Waals surface area contributed by atoms with Gasteiger partial charge in [0.2, 0.25) is 0 Å². The molecule has 0 N–H and O–H groups in total. The van der Waals surface area contributed by atoms with E-state index >= 15 is 0 Å². The van der Waals surface area contributed by atoms with Crippen LogP contribution in [-0.2, 0) is 6.54 Å². The molecule has 0 atom stereocenters. The van der Waals surface area contributed by atoms with Crippen molar-refractivity contribution in [1.29, 1.82) is 0 Å². The lowest BCUT2D eigenvalue weighted by molar-refractivity contribution is 0.728. The van der Waals surface area contributed by atoms with Gasteiger partial charge in [-0.2, -0.15) is 0 Å². The molecular formula is C19H28N4. The lowest BCUT2D eigenvalue weighted by Crippen LogP contribution is -2.27. The van der Waals surface area contributed by atoms with E-state index in [0.717, 1.165) is 49.9 Å². The smallest absolute Gasteiger partial charge is 0.134 e. The monoisotopic (exact) mass is 312 g/mol. The molecule has 0 fully saturated rings. The average molecular weight is 312 g/mol. The van der Waals surface area contributed by atoms with Crippen LogP contribution in [0, 0.1) is 6.92 Å². The molecule has 0 unspecified atom stereocenters. The number of aromatic nitrogens is 2. The molecule has 124 valence electrons. The van der Waals surface area contributed by atoms with Crippen LogP contribution in [0.4, 0.5) is 11.6 Å². The summed E-state index contributed by atoms with van der Waals surface area (Å²) in [5.41, 5.74) is 1.28. The predicted molar refractivity (Wildman–Crippen MR) is 98.1 cm³/mol. The molecule has 0 aliphatic carbocycles. The third kappa shape index (κ3) is 4.95. The molecule has 2 rings (SSSR count). The average Bonchev–Trinajstić information content (AvgIpc) is 2.55. The topological polar surface area (TPSA) is 32.3 Å². The van der Waals surface area contributed by atoms with Crippen LogP contribution in [0.25, 0.3) is 0 Å². The molecule has 0 saturated heterocycles. The van der Waals surface area contributed by atoms with E-state index in [-0.39, 0.29) is 0 Å². The minimum Gasteiger partial charge on any atom is -0.356 e. The van der Waals surface area contributed by atoms with Crippen molar-refractivity contribution in [3.63, 3.8) is 0 Å². The van der Waals surface area contributed by atoms with Crippen molar-refractivity contribution in [2.75, 3.05) is 29.9 Å². The molecule has 1 aromatic heterocycles. The molecule has 23 heavy (non-hydrogen) atoms. The van der Waals surface area contributed by atoms with Gasteiger partial charge in [-0.25, -0.2) is 9.97 Å². The number of aryl methyl sites for hydroxylation is 1. The van der Waals surface area contributed by atoms with Crippen molar-refractivity contribution in [1.82, 2.24) is 9.97 Å². The second-order valence-corrected chi connectivity index (χ2v) is 5.96. The van der Waals surface area contributed by atoms with Gasteiger partial charge in [-0.3, -0.25) is 0 Å². The van der Waals surface area contributed by atoms with Gasteiger partial charge < -0.3 is 9.80 Å². The van der Waals surface area contributed by atoms with Crippen LogP contribution in [0.2, 0.25) is 0 Å². The van der Waals surface area contributed by atoms with Crippen LogP contribution in [0.5, 0.6) is 0 Å². The van der Waals surface area contributed by atoms with Crippen LogP contribution in [0.15, 0.2) is 36.4 Å². The van der Waals surface area contributed by atoms with E-state index < -0.39 is 0 Å². The molecule has 4 nitrogen and oxygen atoms in total. The van der Waals surface area contributed by atoms with Gasteiger partial charge in [-0.05, 0) is 25.3 Å². The zero-order valence-corrected chi connectivity index (χ0v) is 14.8. The molecule has 0 radical (unpaired) electrons. The van der Waals surface area contributed by atoms with Gasteiger partial charge in [0.25, 0.3) is 0 Å². The molecule has 0 aliphatic heterocycles. The number of hydrogen-bond donors (Lipinski definition) is 0. The summed E-state index contributed by atoms with van der Waals surface area (Å²) >= 11 is 0. The zero-order valence-electron chi connectivity index (χ0n) is 14.8. The maximum absolute atomic E-state index is 4.65. The fourth-order valence-corrected chi connectivity index (χ4v) is 2.71. The molecule has 0 aliphatic rings. The van der Waals surface area contributed by atoms with Crippen molar-refractivity contribution < 1.29 is 0 Å². The van der Waals surface area contributed by atoms with Crippen LogP contribution < -0.4 is 9.80 Å². The SMILES string of the molecule is CCCN(CCC)c1cc(N(C)Cc2ccccc2)nc(C)n1. The van der Waals surface area contributed by atoms with E-state index in [1.54, 1.807) is 0 Å². The molecule has 0 spiro atoms. The van der Waals surface area contributed by atoms with Gasteiger partial charge in [0.05, 0.1) is 0 Å². The number of rotatable bonds is 8. The predicted octanol–water partition coefficient (Wildman–Crippen LogP) is 4.05. The van der Waals surface area contributed by atoms with Gasteiger partial charge in [-0.1, -0.05) is 44.2 Å². The van der Waals surface area contributed by atoms with Crippen LogP contribution in [-0.4, -0.2) is 30.1 Å². The quantitative estimate of drug-likeness (QED) is 0.736. The van der Waals surface area contributed by atoms with Gasteiger partial charge in [0.15, 0.2) is 0 Å². The fourth-order valence-electron chi connectivity index (χ4n) is 2.71. The third-order valence-electron chi connectivity index (χ3n) is 3.78. The lowest BCUT2D eigenvalue weighted by Gasteiger charge is -2.25. The highest BCUT2D eigenvalue weighted by atomic mass is 15.2. The first-order valence-electron chi connectivity index (χ1n) is 8.49. The molecule has 4 heteroatoms. The Balaban J connectivity index is 2.21.